The maximum atomic E-state index is 13.6. The van der Waals surface area contributed by atoms with Crippen LogP contribution in [0.5, 0.6) is 0 Å². The minimum absolute atomic E-state index is 0.115. The number of amides is 2. The zero-order valence-corrected chi connectivity index (χ0v) is 24.7. The van der Waals surface area contributed by atoms with Gasteiger partial charge in [0.15, 0.2) is 9.84 Å². The lowest BCUT2D eigenvalue weighted by atomic mass is 9.80. The summed E-state index contributed by atoms with van der Waals surface area (Å²) < 4.78 is 66.4. The highest BCUT2D eigenvalue weighted by atomic mass is 32.2. The van der Waals surface area contributed by atoms with Crippen LogP contribution in [0.4, 0.5) is 13.2 Å². The summed E-state index contributed by atoms with van der Waals surface area (Å²) in [5.41, 5.74) is -1.12. The van der Waals surface area contributed by atoms with Crippen LogP contribution >= 0.6 is 0 Å². The minimum atomic E-state index is -4.60. The Morgan fingerprint density at radius 1 is 1.12 bits per heavy atom. The van der Waals surface area contributed by atoms with Crippen molar-refractivity contribution < 1.29 is 31.2 Å². The molecule has 1 aliphatic heterocycles. The number of hydrogen-bond acceptors (Lipinski definition) is 5. The Balaban J connectivity index is 1.53. The van der Waals surface area contributed by atoms with Crippen molar-refractivity contribution in [3.05, 3.63) is 78.4 Å². The van der Waals surface area contributed by atoms with E-state index in [1.54, 1.807) is 35.2 Å². The third-order valence-electron chi connectivity index (χ3n) is 8.32. The highest BCUT2D eigenvalue weighted by Gasteiger charge is 2.44. The summed E-state index contributed by atoms with van der Waals surface area (Å²) in [5, 5.41) is 2.61. The van der Waals surface area contributed by atoms with Gasteiger partial charge in [-0.05, 0) is 75.8 Å². The van der Waals surface area contributed by atoms with Crippen molar-refractivity contribution in [2.45, 2.75) is 74.8 Å². The van der Waals surface area contributed by atoms with Crippen LogP contribution in [0.3, 0.4) is 0 Å². The number of carbonyl (C=O) groups excluding carboxylic acids is 2. The van der Waals surface area contributed by atoms with Gasteiger partial charge in [0.2, 0.25) is 5.91 Å². The first-order chi connectivity index (χ1) is 19.8. The van der Waals surface area contributed by atoms with Gasteiger partial charge in [-0.2, -0.15) is 13.2 Å². The minimum Gasteiger partial charge on any atom is -0.340 e. The topological polar surface area (TPSA) is 86.8 Å². The summed E-state index contributed by atoms with van der Waals surface area (Å²) in [7, 11) is -3.64. The van der Waals surface area contributed by atoms with Gasteiger partial charge in [0.05, 0.1) is 16.2 Å². The maximum Gasteiger partial charge on any atom is 0.416 e. The predicted octanol–water partition coefficient (Wildman–Crippen LogP) is 4.94. The van der Waals surface area contributed by atoms with E-state index in [9.17, 15) is 31.2 Å². The number of benzene rings is 2. The van der Waals surface area contributed by atoms with Gasteiger partial charge >= 0.3 is 6.18 Å². The van der Waals surface area contributed by atoms with Crippen LogP contribution in [0, 0.1) is 5.92 Å². The molecule has 2 amide bonds. The zero-order valence-electron chi connectivity index (χ0n) is 23.9. The molecule has 0 radical (unpaired) electrons. The van der Waals surface area contributed by atoms with Crippen LogP contribution in [-0.2, 0) is 20.8 Å². The summed E-state index contributed by atoms with van der Waals surface area (Å²) in [5.74, 6) is -1.57. The Morgan fingerprint density at radius 3 is 2.48 bits per heavy atom. The molecule has 1 aliphatic carbocycles. The van der Waals surface area contributed by atoms with Crippen LogP contribution in [0.25, 0.3) is 0 Å². The fourth-order valence-corrected chi connectivity index (χ4v) is 7.98. The largest absolute Gasteiger partial charge is 0.416 e. The Bertz CT molecular complexity index is 1380. The zero-order chi connectivity index (χ0) is 30.7. The molecule has 4 rings (SSSR count). The Labute approximate surface area is 245 Å². The van der Waals surface area contributed by atoms with Gasteiger partial charge in [-0.3, -0.25) is 14.5 Å². The molecule has 0 aromatic heterocycles. The molecule has 228 valence electrons. The third-order valence-corrected chi connectivity index (χ3v) is 10.2. The molecule has 2 fully saturated rings. The van der Waals surface area contributed by atoms with Crippen molar-refractivity contribution in [1.29, 1.82) is 0 Å². The summed E-state index contributed by atoms with van der Waals surface area (Å²) in [6, 6.07) is 11.4. The van der Waals surface area contributed by atoms with Gasteiger partial charge in [-0.25, -0.2) is 8.42 Å². The van der Waals surface area contributed by atoms with E-state index < -0.39 is 33.5 Å². The number of nitrogens with zero attached hydrogens (tertiary/aromatic N) is 2. The molecular formula is C31H38F3N3O4S. The number of halogens is 3. The van der Waals surface area contributed by atoms with Crippen molar-refractivity contribution in [2.24, 2.45) is 5.92 Å². The smallest absolute Gasteiger partial charge is 0.340 e. The first-order valence-electron chi connectivity index (χ1n) is 14.2. The molecule has 2 aromatic rings. The van der Waals surface area contributed by atoms with E-state index in [2.05, 4.69) is 30.6 Å². The number of likely N-dealkylation sites (tertiary alicyclic amines) is 1. The van der Waals surface area contributed by atoms with Gasteiger partial charge in [-0.15, -0.1) is 6.58 Å². The van der Waals surface area contributed by atoms with Crippen LogP contribution < -0.4 is 5.32 Å². The third kappa shape index (κ3) is 7.23. The van der Waals surface area contributed by atoms with E-state index in [4.69, 9.17) is 0 Å². The van der Waals surface area contributed by atoms with Crippen molar-refractivity contribution in [3.8, 4) is 0 Å². The van der Waals surface area contributed by atoms with Crippen molar-refractivity contribution in [1.82, 2.24) is 15.1 Å². The molecule has 2 aromatic carbocycles. The van der Waals surface area contributed by atoms with Crippen LogP contribution in [0.1, 0.15) is 55.5 Å². The van der Waals surface area contributed by atoms with Gasteiger partial charge in [-0.1, -0.05) is 30.3 Å². The van der Waals surface area contributed by atoms with E-state index in [0.29, 0.717) is 25.9 Å². The Hall–Kier alpha value is -3.18. The summed E-state index contributed by atoms with van der Waals surface area (Å²) in [4.78, 5) is 30.6. The van der Waals surface area contributed by atoms with Crippen LogP contribution in [0.2, 0.25) is 0 Å². The summed E-state index contributed by atoms with van der Waals surface area (Å²) in [6.45, 7) is 9.04. The summed E-state index contributed by atoms with van der Waals surface area (Å²) in [6.07, 6.45) is -0.530. The molecule has 1 N–H and O–H groups in total. The number of rotatable bonds is 10. The normalized spacial score (nSPS) is 23.4. The number of sulfone groups is 1. The molecule has 1 saturated heterocycles. The molecular weight excluding hydrogens is 567 g/mol. The predicted molar refractivity (Wildman–Crippen MR) is 154 cm³/mol. The number of nitrogens with one attached hydrogen (secondary N) is 1. The number of carbonyl (C=O) groups is 2. The molecule has 0 spiro atoms. The molecule has 1 heterocycles. The second-order valence-corrected chi connectivity index (χ2v) is 13.4. The highest BCUT2D eigenvalue weighted by molar-refractivity contribution is 7.91. The second-order valence-electron chi connectivity index (χ2n) is 11.4. The molecule has 7 nitrogen and oxygen atoms in total. The molecule has 4 unspecified atom stereocenters. The van der Waals surface area contributed by atoms with Crippen molar-refractivity contribution in [2.75, 3.05) is 18.8 Å². The van der Waals surface area contributed by atoms with Gasteiger partial charge < -0.3 is 10.2 Å². The van der Waals surface area contributed by atoms with E-state index in [1.807, 2.05) is 6.08 Å². The average molecular weight is 606 g/mol. The summed E-state index contributed by atoms with van der Waals surface area (Å²) >= 11 is 0. The lowest BCUT2D eigenvalue weighted by Crippen LogP contribution is -2.53. The van der Waals surface area contributed by atoms with Crippen LogP contribution in [0.15, 0.2) is 72.1 Å². The lowest BCUT2D eigenvalue weighted by molar-refractivity contribution is -0.137. The molecule has 2 aliphatic rings. The fraction of sp³-hybridized carbons (Fsp3) is 0.484. The maximum absolute atomic E-state index is 13.6. The van der Waals surface area contributed by atoms with Gasteiger partial charge in [0.1, 0.15) is 6.04 Å². The lowest BCUT2D eigenvalue weighted by Gasteiger charge is -2.45. The van der Waals surface area contributed by atoms with E-state index >= 15 is 0 Å². The molecule has 11 heteroatoms. The van der Waals surface area contributed by atoms with Gasteiger partial charge in [0, 0.05) is 36.8 Å². The second kappa shape index (κ2) is 13.0. The standard InChI is InChI=1S/C31H38F3N3O4S/c1-4-16-36(21(2)3)25-13-14-28(23(19-25)20-42(40,41)26-11-6-5-7-12-26)37-17-15-27(30(37)39)35-29(38)22-9-8-10-24(18-22)31(32,33)34/h4-12,18,21,23,25,27-28H,1,13-17,19-20H2,2-3H3,(H,35,38). The first-order valence-corrected chi connectivity index (χ1v) is 15.9. The monoisotopic (exact) mass is 605 g/mol. The Kier molecular flexibility index (Phi) is 9.82. The number of alkyl halides is 3. The molecule has 42 heavy (non-hydrogen) atoms. The first kappa shape index (κ1) is 31.7. The average Bonchev–Trinajstić information content (AvgIpc) is 3.30. The van der Waals surface area contributed by atoms with Crippen molar-refractivity contribution in [3.63, 3.8) is 0 Å². The van der Waals surface area contributed by atoms with Crippen molar-refractivity contribution >= 4 is 21.7 Å². The van der Waals surface area contributed by atoms with Crippen LogP contribution in [-0.4, -0.2) is 73.0 Å². The highest BCUT2D eigenvalue weighted by Crippen LogP contribution is 2.36. The number of hydrogen-bond donors (Lipinski definition) is 1. The van der Waals surface area contributed by atoms with E-state index in [-0.39, 0.29) is 52.6 Å². The Morgan fingerprint density at radius 2 is 1.83 bits per heavy atom. The molecule has 1 saturated carbocycles. The quantitative estimate of drug-likeness (QED) is 0.388. The molecule has 0 bridgehead atoms. The fourth-order valence-electron chi connectivity index (χ4n) is 6.29. The molecule has 4 atom stereocenters. The SMILES string of the molecule is C=CCN(C(C)C)C1CCC(N2CCC(NC(=O)c3cccc(C(F)(F)F)c3)C2=O)C(CS(=O)(=O)c2ccccc2)C1. The van der Waals surface area contributed by atoms with E-state index in [0.717, 1.165) is 24.6 Å². The van der Waals surface area contributed by atoms with E-state index in [1.165, 1.54) is 6.07 Å². The van der Waals surface area contributed by atoms with Gasteiger partial charge in [0.25, 0.3) is 5.91 Å².